The lowest BCUT2D eigenvalue weighted by Gasteiger charge is -2.26. The maximum Gasteiger partial charge on any atom is 0.194 e. The summed E-state index contributed by atoms with van der Waals surface area (Å²) in [5.74, 6) is 3.10. The zero-order valence-electron chi connectivity index (χ0n) is 15.3. The predicted molar refractivity (Wildman–Crippen MR) is 100 cm³/mol. The largest absolute Gasteiger partial charge is 0.353 e. The maximum absolute atomic E-state index is 4.82. The van der Waals surface area contributed by atoms with Gasteiger partial charge in [-0.15, -0.1) is 0 Å². The van der Waals surface area contributed by atoms with Crippen LogP contribution in [0.1, 0.15) is 51.9 Å². The Labute approximate surface area is 147 Å². The molecule has 1 saturated heterocycles. The van der Waals surface area contributed by atoms with Crippen molar-refractivity contribution in [1.82, 2.24) is 15.1 Å². The molecule has 1 N–H and O–H groups in total. The van der Waals surface area contributed by atoms with Gasteiger partial charge in [-0.25, -0.2) is 0 Å². The molecule has 0 aromatic heterocycles. The van der Waals surface area contributed by atoms with Gasteiger partial charge in [0.15, 0.2) is 5.96 Å². The first-order chi connectivity index (χ1) is 11.8. The average molecular weight is 331 g/mol. The molecular formula is C20H34N4. The molecular weight excluding hydrogens is 296 g/mol. The standard InChI is InChI=1S/C20H34N4/c1-2-21-20(22-19-14-18(19)16-8-4-3-5-9-16)24-13-10-17(15-24)23-11-6-7-12-23/h6-7,16-19H,2-5,8-15H2,1H3,(H,21,22). The van der Waals surface area contributed by atoms with Gasteiger partial charge in [0.2, 0.25) is 0 Å². The van der Waals surface area contributed by atoms with Gasteiger partial charge in [-0.1, -0.05) is 44.3 Å². The summed E-state index contributed by atoms with van der Waals surface area (Å²) in [5.41, 5.74) is 0. The van der Waals surface area contributed by atoms with E-state index in [9.17, 15) is 0 Å². The number of hydrogen-bond acceptors (Lipinski definition) is 2. The highest BCUT2D eigenvalue weighted by Gasteiger charge is 2.44. The van der Waals surface area contributed by atoms with Crippen molar-refractivity contribution >= 4 is 5.96 Å². The summed E-state index contributed by atoms with van der Waals surface area (Å²) in [6.45, 7) is 7.63. The molecule has 2 aliphatic heterocycles. The van der Waals surface area contributed by atoms with Crippen LogP contribution in [0.15, 0.2) is 17.1 Å². The number of rotatable bonds is 4. The molecule has 0 aromatic carbocycles. The smallest absolute Gasteiger partial charge is 0.194 e. The Morgan fingerprint density at radius 1 is 1.12 bits per heavy atom. The first-order valence-electron chi connectivity index (χ1n) is 10.3. The molecule has 4 aliphatic rings. The Balaban J connectivity index is 1.30. The summed E-state index contributed by atoms with van der Waals surface area (Å²) in [4.78, 5) is 9.94. The lowest BCUT2D eigenvalue weighted by Crippen LogP contribution is -2.44. The van der Waals surface area contributed by atoms with Crippen molar-refractivity contribution in [3.05, 3.63) is 12.2 Å². The maximum atomic E-state index is 4.82. The molecule has 3 atom stereocenters. The van der Waals surface area contributed by atoms with Gasteiger partial charge in [0.25, 0.3) is 0 Å². The Morgan fingerprint density at radius 2 is 1.92 bits per heavy atom. The molecule has 0 radical (unpaired) electrons. The molecule has 0 amide bonds. The Bertz CT molecular complexity index is 472. The minimum Gasteiger partial charge on any atom is -0.353 e. The van der Waals surface area contributed by atoms with Crippen LogP contribution in [0.3, 0.4) is 0 Å². The van der Waals surface area contributed by atoms with Gasteiger partial charge in [0.05, 0.1) is 0 Å². The zero-order chi connectivity index (χ0) is 16.4. The molecule has 0 aromatic rings. The van der Waals surface area contributed by atoms with E-state index in [0.717, 1.165) is 44.6 Å². The molecule has 134 valence electrons. The fourth-order valence-electron chi connectivity index (χ4n) is 5.04. The van der Waals surface area contributed by atoms with Crippen molar-refractivity contribution in [2.24, 2.45) is 16.8 Å². The molecule has 3 fully saturated rings. The van der Waals surface area contributed by atoms with Crippen LogP contribution in [0.2, 0.25) is 0 Å². The van der Waals surface area contributed by atoms with Crippen molar-refractivity contribution in [3.8, 4) is 0 Å². The van der Waals surface area contributed by atoms with Crippen LogP contribution >= 0.6 is 0 Å². The van der Waals surface area contributed by atoms with E-state index in [-0.39, 0.29) is 0 Å². The van der Waals surface area contributed by atoms with E-state index < -0.39 is 0 Å². The van der Waals surface area contributed by atoms with E-state index in [1.54, 1.807) is 0 Å². The molecule has 4 heteroatoms. The second-order valence-electron chi connectivity index (χ2n) is 8.16. The van der Waals surface area contributed by atoms with Gasteiger partial charge in [-0.2, -0.15) is 0 Å². The summed E-state index contributed by atoms with van der Waals surface area (Å²) < 4.78 is 0. The van der Waals surface area contributed by atoms with Gasteiger partial charge in [0.1, 0.15) is 0 Å². The summed E-state index contributed by atoms with van der Waals surface area (Å²) in [5, 5.41) is 3.83. The SMILES string of the molecule is CCN=C(NC1CC1C1CCCCC1)N1CCC(N2CC=CC2)C1. The summed E-state index contributed by atoms with van der Waals surface area (Å²) in [7, 11) is 0. The molecule has 2 heterocycles. The van der Waals surface area contributed by atoms with Crippen molar-refractivity contribution < 1.29 is 0 Å². The van der Waals surface area contributed by atoms with Gasteiger partial charge in [0, 0.05) is 44.8 Å². The van der Waals surface area contributed by atoms with Gasteiger partial charge in [-0.3, -0.25) is 9.89 Å². The lowest BCUT2D eigenvalue weighted by atomic mass is 9.85. The topological polar surface area (TPSA) is 30.9 Å². The molecule has 0 spiro atoms. The molecule has 3 unspecified atom stereocenters. The molecule has 24 heavy (non-hydrogen) atoms. The van der Waals surface area contributed by atoms with E-state index in [1.165, 1.54) is 50.9 Å². The molecule has 4 nitrogen and oxygen atoms in total. The fourth-order valence-corrected chi connectivity index (χ4v) is 5.04. The number of likely N-dealkylation sites (tertiary alicyclic amines) is 1. The number of nitrogens with one attached hydrogen (secondary N) is 1. The van der Waals surface area contributed by atoms with E-state index in [2.05, 4.69) is 34.2 Å². The summed E-state index contributed by atoms with van der Waals surface area (Å²) >= 11 is 0. The van der Waals surface area contributed by atoms with Crippen molar-refractivity contribution in [1.29, 1.82) is 0 Å². The number of aliphatic imine (C=N–C) groups is 1. The van der Waals surface area contributed by atoms with Gasteiger partial charge < -0.3 is 10.2 Å². The van der Waals surface area contributed by atoms with E-state index in [4.69, 9.17) is 4.99 Å². The van der Waals surface area contributed by atoms with Crippen LogP contribution in [-0.2, 0) is 0 Å². The van der Waals surface area contributed by atoms with Crippen molar-refractivity contribution in [2.45, 2.75) is 64.0 Å². The van der Waals surface area contributed by atoms with Crippen LogP contribution in [0.4, 0.5) is 0 Å². The third-order valence-electron chi connectivity index (χ3n) is 6.54. The molecule has 4 rings (SSSR count). The fraction of sp³-hybridized carbons (Fsp3) is 0.850. The van der Waals surface area contributed by atoms with E-state index in [0.29, 0.717) is 12.1 Å². The quantitative estimate of drug-likeness (QED) is 0.488. The van der Waals surface area contributed by atoms with Crippen molar-refractivity contribution in [2.75, 3.05) is 32.7 Å². The summed E-state index contributed by atoms with van der Waals surface area (Å²) in [6, 6.07) is 1.41. The van der Waals surface area contributed by atoms with E-state index >= 15 is 0 Å². The Kier molecular flexibility index (Phi) is 5.11. The van der Waals surface area contributed by atoms with Crippen LogP contribution in [0.25, 0.3) is 0 Å². The predicted octanol–water partition coefficient (Wildman–Crippen LogP) is 2.87. The minimum absolute atomic E-state index is 0.700. The normalized spacial score (nSPS) is 35.0. The average Bonchev–Trinajstić information content (AvgIpc) is 3.04. The first kappa shape index (κ1) is 16.4. The Morgan fingerprint density at radius 3 is 2.67 bits per heavy atom. The third kappa shape index (κ3) is 3.63. The Hall–Kier alpha value is -1.03. The highest BCUT2D eigenvalue weighted by atomic mass is 15.4. The van der Waals surface area contributed by atoms with Gasteiger partial charge in [-0.05, 0) is 31.6 Å². The summed E-state index contributed by atoms with van der Waals surface area (Å²) in [6.07, 6.45) is 14.6. The minimum atomic E-state index is 0.700. The van der Waals surface area contributed by atoms with Crippen LogP contribution in [0.5, 0.6) is 0 Å². The monoisotopic (exact) mass is 330 g/mol. The van der Waals surface area contributed by atoms with E-state index in [1.807, 2.05) is 0 Å². The second kappa shape index (κ2) is 7.47. The molecule has 2 saturated carbocycles. The van der Waals surface area contributed by atoms with Crippen molar-refractivity contribution in [3.63, 3.8) is 0 Å². The molecule has 0 bridgehead atoms. The highest BCUT2D eigenvalue weighted by Crippen LogP contribution is 2.44. The van der Waals surface area contributed by atoms with Crippen LogP contribution < -0.4 is 5.32 Å². The zero-order valence-corrected chi connectivity index (χ0v) is 15.3. The number of nitrogens with zero attached hydrogens (tertiary/aromatic N) is 3. The van der Waals surface area contributed by atoms with Crippen LogP contribution in [-0.4, -0.2) is 60.6 Å². The van der Waals surface area contributed by atoms with Crippen LogP contribution in [0, 0.1) is 11.8 Å². The second-order valence-corrected chi connectivity index (χ2v) is 8.16. The first-order valence-corrected chi connectivity index (χ1v) is 10.3. The third-order valence-corrected chi connectivity index (χ3v) is 6.54. The number of guanidine groups is 1. The lowest BCUT2D eigenvalue weighted by molar-refractivity contribution is 0.259. The van der Waals surface area contributed by atoms with Gasteiger partial charge >= 0.3 is 0 Å². The molecule has 2 aliphatic carbocycles. The number of hydrogen-bond donors (Lipinski definition) is 1. The highest BCUT2D eigenvalue weighted by molar-refractivity contribution is 5.81.